The first-order chi connectivity index (χ1) is 6.68. The molecule has 0 aromatic heterocycles. The Morgan fingerprint density at radius 3 is 2.86 bits per heavy atom. The molecule has 0 bridgehead atoms. The summed E-state index contributed by atoms with van der Waals surface area (Å²) in [6.45, 7) is 2.73. The first-order valence-electron chi connectivity index (χ1n) is 4.63. The third kappa shape index (κ3) is 1.41. The summed E-state index contributed by atoms with van der Waals surface area (Å²) in [5.74, 6) is 0.858. The topological polar surface area (TPSA) is 46.1 Å². The van der Waals surface area contributed by atoms with E-state index in [9.17, 15) is 4.79 Å². The molecule has 0 atom stereocenters. The highest BCUT2D eigenvalue weighted by Crippen LogP contribution is 2.15. The number of ketones is 1. The number of carbonyl (C=O) groups is 1. The first kappa shape index (κ1) is 8.94. The van der Waals surface area contributed by atoms with Crippen LogP contribution in [0.5, 0.6) is 0 Å². The minimum atomic E-state index is 0.140. The lowest BCUT2D eigenvalue weighted by molar-refractivity contribution is -0.528. The van der Waals surface area contributed by atoms with E-state index in [1.54, 1.807) is 6.92 Å². The van der Waals surface area contributed by atoms with Crippen molar-refractivity contribution in [2.45, 2.75) is 13.5 Å². The lowest BCUT2D eigenvalue weighted by Crippen LogP contribution is -2.26. The van der Waals surface area contributed by atoms with Crippen LogP contribution in [0.2, 0.25) is 0 Å². The van der Waals surface area contributed by atoms with Crippen LogP contribution in [0.25, 0.3) is 0 Å². The van der Waals surface area contributed by atoms with Crippen LogP contribution in [0.3, 0.4) is 0 Å². The molecule has 0 amide bonds. The van der Waals surface area contributed by atoms with Gasteiger partial charge in [-0.1, -0.05) is 18.2 Å². The van der Waals surface area contributed by atoms with Crippen molar-refractivity contribution in [2.24, 2.45) is 5.73 Å². The second-order valence-electron chi connectivity index (χ2n) is 3.60. The van der Waals surface area contributed by atoms with Gasteiger partial charge in [0.2, 0.25) is 0 Å². The number of benzene rings is 1. The van der Waals surface area contributed by atoms with Gasteiger partial charge in [-0.3, -0.25) is 15.1 Å². The van der Waals surface area contributed by atoms with E-state index in [0.717, 1.165) is 17.9 Å². The molecule has 1 aromatic carbocycles. The van der Waals surface area contributed by atoms with Gasteiger partial charge >= 0.3 is 0 Å². The lowest BCUT2D eigenvalue weighted by Gasteiger charge is -1.98. The van der Waals surface area contributed by atoms with Crippen molar-refractivity contribution in [2.75, 3.05) is 6.54 Å². The minimum absolute atomic E-state index is 0.140. The molecule has 1 aliphatic rings. The van der Waals surface area contributed by atoms with E-state index in [0.29, 0.717) is 6.54 Å². The summed E-state index contributed by atoms with van der Waals surface area (Å²) in [4.78, 5) is 11.0. The Morgan fingerprint density at radius 2 is 2.21 bits per heavy atom. The lowest BCUT2D eigenvalue weighted by atomic mass is 10.1. The van der Waals surface area contributed by atoms with Gasteiger partial charge in [-0.15, -0.1) is 0 Å². The summed E-state index contributed by atoms with van der Waals surface area (Å²) in [5.41, 5.74) is 8.19. The Hall–Kier alpha value is -1.64. The van der Waals surface area contributed by atoms with Crippen LogP contribution >= 0.6 is 0 Å². The number of amidine groups is 1. The molecule has 0 fully saturated rings. The molecule has 1 aromatic rings. The molecule has 1 aliphatic heterocycles. The van der Waals surface area contributed by atoms with Gasteiger partial charge in [-0.05, 0) is 13.0 Å². The first-order valence-corrected chi connectivity index (χ1v) is 4.63. The van der Waals surface area contributed by atoms with Crippen molar-refractivity contribution in [1.82, 2.24) is 0 Å². The smallest absolute Gasteiger partial charge is 0.276 e. The van der Waals surface area contributed by atoms with Crippen LogP contribution in [0.1, 0.15) is 18.1 Å². The molecule has 0 radical (unpaired) electrons. The van der Waals surface area contributed by atoms with E-state index in [2.05, 4.69) is 0 Å². The van der Waals surface area contributed by atoms with Gasteiger partial charge in [-0.2, -0.15) is 0 Å². The molecular formula is C11H13N2O+. The number of rotatable bonds is 2. The van der Waals surface area contributed by atoms with E-state index >= 15 is 0 Å². The molecule has 72 valence electrons. The number of hydrogen-bond acceptors (Lipinski definition) is 2. The quantitative estimate of drug-likeness (QED) is 0.689. The zero-order valence-electron chi connectivity index (χ0n) is 8.16. The maximum atomic E-state index is 11.0. The molecule has 0 saturated heterocycles. The van der Waals surface area contributed by atoms with Crippen molar-refractivity contribution in [1.29, 1.82) is 0 Å². The van der Waals surface area contributed by atoms with E-state index in [1.165, 1.54) is 5.56 Å². The molecule has 0 aliphatic carbocycles. The fourth-order valence-electron chi connectivity index (χ4n) is 1.78. The summed E-state index contributed by atoms with van der Waals surface area (Å²) in [5, 5.41) is 0. The van der Waals surface area contributed by atoms with Crippen LogP contribution < -0.4 is 5.73 Å². The maximum Gasteiger partial charge on any atom is 0.276 e. The van der Waals surface area contributed by atoms with Crippen LogP contribution in [0.4, 0.5) is 0 Å². The zero-order valence-corrected chi connectivity index (χ0v) is 8.16. The van der Waals surface area contributed by atoms with E-state index in [-0.39, 0.29) is 5.78 Å². The van der Waals surface area contributed by atoms with Crippen molar-refractivity contribution in [3.05, 3.63) is 35.4 Å². The average Bonchev–Trinajstić information content (AvgIpc) is 2.44. The SMILES string of the molecule is CC(=O)C[N+]1=C(N)c2ccccc2C1. The standard InChI is InChI=1S/C11H12N2O/c1-8(14)6-13-7-9-4-2-3-5-10(9)11(13)12/h2-5,12H,6-7H2,1H3/p+1. The Kier molecular flexibility index (Phi) is 2.08. The van der Waals surface area contributed by atoms with Gasteiger partial charge in [0.05, 0.1) is 5.56 Å². The highest BCUT2D eigenvalue weighted by molar-refractivity contribution is 5.97. The third-order valence-corrected chi connectivity index (χ3v) is 2.41. The Balaban J connectivity index is 2.34. The number of carbonyl (C=O) groups excluding carboxylic acids is 1. The fraction of sp³-hybridized carbons (Fsp3) is 0.273. The molecule has 3 heteroatoms. The van der Waals surface area contributed by atoms with Crippen LogP contribution in [-0.4, -0.2) is 22.7 Å². The summed E-state index contributed by atoms with van der Waals surface area (Å²) in [7, 11) is 0. The van der Waals surface area contributed by atoms with Crippen molar-refractivity contribution < 1.29 is 9.37 Å². The average molecular weight is 189 g/mol. The predicted molar refractivity (Wildman–Crippen MR) is 54.3 cm³/mol. The number of nitrogens with zero attached hydrogens (tertiary/aromatic N) is 1. The second-order valence-corrected chi connectivity index (χ2v) is 3.60. The molecular weight excluding hydrogens is 176 g/mol. The summed E-state index contributed by atoms with van der Waals surface area (Å²) in [6.07, 6.45) is 0. The molecule has 3 nitrogen and oxygen atoms in total. The van der Waals surface area contributed by atoms with Gasteiger partial charge in [-0.25, -0.2) is 0 Å². The van der Waals surface area contributed by atoms with Gasteiger partial charge < -0.3 is 0 Å². The van der Waals surface area contributed by atoms with E-state index in [4.69, 9.17) is 5.73 Å². The summed E-state index contributed by atoms with van der Waals surface area (Å²) >= 11 is 0. The van der Waals surface area contributed by atoms with Gasteiger partial charge in [0, 0.05) is 5.56 Å². The predicted octanol–water partition coefficient (Wildman–Crippen LogP) is 0.507. The van der Waals surface area contributed by atoms with Crippen molar-refractivity contribution in [3.8, 4) is 0 Å². The van der Waals surface area contributed by atoms with Crippen LogP contribution in [0.15, 0.2) is 24.3 Å². The van der Waals surface area contributed by atoms with E-state index in [1.807, 2.05) is 28.8 Å². The van der Waals surface area contributed by atoms with Gasteiger partial charge in [0.25, 0.3) is 5.84 Å². The summed E-state index contributed by atoms with van der Waals surface area (Å²) < 4.78 is 1.91. The molecule has 14 heavy (non-hydrogen) atoms. The number of nitrogens with two attached hydrogens (primary N) is 1. The maximum absolute atomic E-state index is 11.0. The van der Waals surface area contributed by atoms with Crippen LogP contribution in [0, 0.1) is 0 Å². The highest BCUT2D eigenvalue weighted by atomic mass is 16.1. The Bertz CT molecular complexity index is 421. The van der Waals surface area contributed by atoms with Gasteiger partial charge in [0.1, 0.15) is 13.1 Å². The Morgan fingerprint density at radius 1 is 1.50 bits per heavy atom. The molecule has 2 N–H and O–H groups in total. The molecule has 0 saturated carbocycles. The normalized spacial score (nSPS) is 14.4. The van der Waals surface area contributed by atoms with E-state index < -0.39 is 0 Å². The zero-order chi connectivity index (χ0) is 10.1. The number of fused-ring (bicyclic) bond motifs is 1. The van der Waals surface area contributed by atoms with Crippen molar-refractivity contribution >= 4 is 11.6 Å². The fourth-order valence-corrected chi connectivity index (χ4v) is 1.78. The molecule has 1 heterocycles. The Labute approximate surface area is 82.9 Å². The highest BCUT2D eigenvalue weighted by Gasteiger charge is 2.24. The molecule has 0 spiro atoms. The monoisotopic (exact) mass is 189 g/mol. The van der Waals surface area contributed by atoms with Crippen LogP contribution in [-0.2, 0) is 11.3 Å². The summed E-state index contributed by atoms with van der Waals surface area (Å²) in [6, 6.07) is 7.99. The second kappa shape index (κ2) is 3.25. The minimum Gasteiger partial charge on any atom is -0.296 e. The largest absolute Gasteiger partial charge is 0.296 e. The number of Topliss-reactive ketones (excluding diaryl/α,β-unsaturated/α-hetero) is 1. The number of hydrogen-bond donors (Lipinski definition) is 1. The third-order valence-electron chi connectivity index (χ3n) is 2.41. The van der Waals surface area contributed by atoms with Crippen molar-refractivity contribution in [3.63, 3.8) is 0 Å². The van der Waals surface area contributed by atoms with Gasteiger partial charge in [0.15, 0.2) is 5.78 Å². The molecule has 2 rings (SSSR count). The molecule has 0 unspecified atom stereocenters.